The smallest absolute Gasteiger partial charge is 0.309 e. The normalized spacial score (nSPS) is 16.8. The molecule has 18 heavy (non-hydrogen) atoms. The zero-order chi connectivity index (χ0) is 12.7. The van der Waals surface area contributed by atoms with Gasteiger partial charge in [-0.25, -0.2) is 9.78 Å². The van der Waals surface area contributed by atoms with Crippen LogP contribution in [0.25, 0.3) is 11.0 Å². The van der Waals surface area contributed by atoms with Gasteiger partial charge in [-0.1, -0.05) is 12.1 Å². The largest absolute Gasteiger partial charge is 0.328 e. The molecule has 7 nitrogen and oxygen atoms in total. The Hall–Kier alpha value is -2.70. The Labute approximate surface area is 101 Å². The minimum atomic E-state index is -1.12. The van der Waals surface area contributed by atoms with Crippen molar-refractivity contribution in [2.45, 2.75) is 6.04 Å². The molecule has 4 amide bonds. The number of nitrogens with one attached hydrogen (secondary N) is 2. The topological polar surface area (TPSA) is 93.1 Å². The first-order chi connectivity index (χ1) is 8.66. The Kier molecular flexibility index (Phi) is 2.12. The van der Waals surface area contributed by atoms with Crippen LogP contribution in [0.2, 0.25) is 0 Å². The number of hydrogen-bond acceptors (Lipinski definition) is 4. The van der Waals surface area contributed by atoms with Crippen LogP contribution in [-0.2, 0) is 9.59 Å². The number of hydrogen-bond donors (Lipinski definition) is 2. The number of carbonyl (C=O) groups is 3. The zero-order valence-corrected chi connectivity index (χ0v) is 9.08. The van der Waals surface area contributed by atoms with Gasteiger partial charge in [0.15, 0.2) is 6.04 Å². The maximum atomic E-state index is 11.7. The van der Waals surface area contributed by atoms with Crippen LogP contribution < -0.4 is 10.6 Å². The van der Waals surface area contributed by atoms with Crippen molar-refractivity contribution < 1.29 is 14.4 Å². The van der Waals surface area contributed by atoms with Gasteiger partial charge in [-0.15, -0.1) is 0 Å². The summed E-state index contributed by atoms with van der Waals surface area (Å²) in [6, 6.07) is 5.20. The van der Waals surface area contributed by atoms with Gasteiger partial charge in [0.25, 0.3) is 11.8 Å². The maximum Gasteiger partial charge on any atom is 0.328 e. The van der Waals surface area contributed by atoms with E-state index < -0.39 is 23.9 Å². The fraction of sp³-hybridized carbons (Fsp3) is 0.0909. The number of nitrogens with zero attached hydrogens (tertiary/aromatic N) is 2. The van der Waals surface area contributed by atoms with Gasteiger partial charge >= 0.3 is 6.03 Å². The number of amides is 4. The third kappa shape index (κ3) is 1.45. The highest BCUT2D eigenvalue weighted by atomic mass is 16.2. The Morgan fingerprint density at radius 3 is 2.44 bits per heavy atom. The van der Waals surface area contributed by atoms with Crippen molar-refractivity contribution in [1.82, 2.24) is 20.2 Å². The van der Waals surface area contributed by atoms with Crippen LogP contribution in [0.3, 0.4) is 0 Å². The lowest BCUT2D eigenvalue weighted by atomic mass is 10.2. The molecule has 7 heteroatoms. The average molecular weight is 244 g/mol. The third-order valence-corrected chi connectivity index (χ3v) is 2.73. The summed E-state index contributed by atoms with van der Waals surface area (Å²) in [4.78, 5) is 38.5. The second kappa shape index (κ2) is 3.66. The van der Waals surface area contributed by atoms with Crippen molar-refractivity contribution in [2.24, 2.45) is 0 Å². The lowest BCUT2D eigenvalue weighted by molar-refractivity contribution is -0.134. The number of fused-ring (bicyclic) bond motifs is 1. The van der Waals surface area contributed by atoms with Crippen LogP contribution in [-0.4, -0.2) is 27.4 Å². The Bertz CT molecular complexity index is 656. The lowest BCUT2D eigenvalue weighted by Crippen LogP contribution is -2.56. The fourth-order valence-electron chi connectivity index (χ4n) is 1.95. The summed E-state index contributed by atoms with van der Waals surface area (Å²) in [6.45, 7) is 0. The molecule has 0 aliphatic carbocycles. The maximum absolute atomic E-state index is 11.7. The zero-order valence-electron chi connectivity index (χ0n) is 9.08. The van der Waals surface area contributed by atoms with Crippen LogP contribution in [0.15, 0.2) is 30.6 Å². The molecule has 2 aromatic rings. The summed E-state index contributed by atoms with van der Waals surface area (Å²) in [7, 11) is 0. The van der Waals surface area contributed by atoms with Crippen molar-refractivity contribution in [1.29, 1.82) is 0 Å². The van der Waals surface area contributed by atoms with Gasteiger partial charge in [0.1, 0.15) is 0 Å². The van der Waals surface area contributed by atoms with Gasteiger partial charge < -0.3 is 4.57 Å². The van der Waals surface area contributed by atoms with Crippen LogP contribution in [0.4, 0.5) is 4.79 Å². The van der Waals surface area contributed by atoms with E-state index in [9.17, 15) is 14.4 Å². The molecule has 1 aliphatic heterocycles. The van der Waals surface area contributed by atoms with Crippen molar-refractivity contribution in [2.75, 3.05) is 0 Å². The third-order valence-electron chi connectivity index (χ3n) is 2.73. The molecule has 1 aromatic heterocycles. The summed E-state index contributed by atoms with van der Waals surface area (Å²) in [5.41, 5.74) is 1.33. The number of imide groups is 2. The molecule has 1 aliphatic rings. The molecule has 2 N–H and O–H groups in total. The molecule has 0 bridgehead atoms. The van der Waals surface area contributed by atoms with Crippen molar-refractivity contribution >= 4 is 28.9 Å². The average Bonchev–Trinajstić information content (AvgIpc) is 2.72. The standard InChI is InChI=1S/C11H8N4O3/c16-9-8(10(17)14-11(18)13-9)15-5-12-6-3-1-2-4-7(6)15/h1-5,8H,(H2,13,14,16,17,18). The lowest BCUT2D eigenvalue weighted by Gasteiger charge is -2.21. The minimum absolute atomic E-state index is 0.655. The van der Waals surface area contributed by atoms with E-state index in [1.54, 1.807) is 18.2 Å². The quantitative estimate of drug-likeness (QED) is 0.687. The van der Waals surface area contributed by atoms with Gasteiger partial charge in [0, 0.05) is 0 Å². The molecule has 90 valence electrons. The first-order valence-corrected chi connectivity index (χ1v) is 5.24. The first kappa shape index (κ1) is 10.5. The van der Waals surface area contributed by atoms with E-state index in [0.717, 1.165) is 0 Å². The Morgan fingerprint density at radius 2 is 1.72 bits per heavy atom. The van der Waals surface area contributed by atoms with Gasteiger partial charge in [-0.2, -0.15) is 0 Å². The number of urea groups is 1. The summed E-state index contributed by atoms with van der Waals surface area (Å²) in [6.07, 6.45) is 1.41. The second-order valence-corrected chi connectivity index (χ2v) is 3.85. The summed E-state index contributed by atoms with van der Waals surface area (Å²) < 4.78 is 1.44. The highest BCUT2D eigenvalue weighted by Gasteiger charge is 2.36. The van der Waals surface area contributed by atoms with E-state index in [1.807, 2.05) is 6.07 Å². The number of benzene rings is 1. The van der Waals surface area contributed by atoms with Crippen molar-refractivity contribution in [3.8, 4) is 0 Å². The van der Waals surface area contributed by atoms with Crippen LogP contribution >= 0.6 is 0 Å². The second-order valence-electron chi connectivity index (χ2n) is 3.85. The Morgan fingerprint density at radius 1 is 1.06 bits per heavy atom. The molecule has 1 fully saturated rings. The van der Waals surface area contributed by atoms with Crippen LogP contribution in [0.1, 0.15) is 6.04 Å². The molecule has 0 unspecified atom stereocenters. The molecule has 1 saturated heterocycles. The molecule has 0 saturated carbocycles. The van der Waals surface area contributed by atoms with Crippen LogP contribution in [0, 0.1) is 0 Å². The summed E-state index contributed by atoms with van der Waals surface area (Å²) in [5.74, 6) is -1.32. The number of barbiturate groups is 1. The fourth-order valence-corrected chi connectivity index (χ4v) is 1.95. The van der Waals surface area contributed by atoms with E-state index in [2.05, 4.69) is 15.6 Å². The van der Waals surface area contributed by atoms with Gasteiger partial charge in [0.2, 0.25) is 0 Å². The predicted molar refractivity (Wildman–Crippen MR) is 60.5 cm³/mol. The number of rotatable bonds is 1. The minimum Gasteiger partial charge on any atom is -0.309 e. The Balaban J connectivity index is 2.11. The monoisotopic (exact) mass is 244 g/mol. The summed E-state index contributed by atoms with van der Waals surface area (Å²) >= 11 is 0. The van der Waals surface area contributed by atoms with E-state index in [4.69, 9.17) is 0 Å². The SMILES string of the molecule is O=C1NC(=O)C(n2cnc3ccccc32)C(=O)N1. The highest BCUT2D eigenvalue weighted by Crippen LogP contribution is 2.19. The molecule has 0 spiro atoms. The molecule has 0 radical (unpaired) electrons. The first-order valence-electron chi connectivity index (χ1n) is 5.24. The molecule has 2 heterocycles. The van der Waals surface area contributed by atoms with Gasteiger partial charge in [-0.3, -0.25) is 20.2 Å². The molecular formula is C11H8N4O3. The van der Waals surface area contributed by atoms with E-state index in [0.29, 0.717) is 11.0 Å². The van der Waals surface area contributed by atoms with Crippen LogP contribution in [0.5, 0.6) is 0 Å². The number of imidazole rings is 1. The molecular weight excluding hydrogens is 236 g/mol. The van der Waals surface area contributed by atoms with E-state index >= 15 is 0 Å². The summed E-state index contributed by atoms with van der Waals surface area (Å²) in [5, 5.41) is 4.11. The molecule has 1 aromatic carbocycles. The number of carbonyl (C=O) groups excluding carboxylic acids is 3. The predicted octanol–water partition coefficient (Wildman–Crippen LogP) is -0.0566. The number of aromatic nitrogens is 2. The molecule has 0 atom stereocenters. The van der Waals surface area contributed by atoms with Crippen molar-refractivity contribution in [3.63, 3.8) is 0 Å². The van der Waals surface area contributed by atoms with Crippen molar-refractivity contribution in [3.05, 3.63) is 30.6 Å². The molecule has 3 rings (SSSR count). The van der Waals surface area contributed by atoms with Gasteiger partial charge in [0.05, 0.1) is 17.4 Å². The van der Waals surface area contributed by atoms with E-state index in [1.165, 1.54) is 10.9 Å². The number of para-hydroxylation sites is 2. The van der Waals surface area contributed by atoms with E-state index in [-0.39, 0.29) is 0 Å². The highest BCUT2D eigenvalue weighted by molar-refractivity contribution is 6.17. The van der Waals surface area contributed by atoms with Gasteiger partial charge in [-0.05, 0) is 12.1 Å².